The first-order chi connectivity index (χ1) is 38.0. The minimum Gasteiger partial charge on any atom is -0.462 e. The first kappa shape index (κ1) is 71.5. The fourth-order valence-electron chi connectivity index (χ4n) is 7.48. The molecule has 6 heteroatoms. The predicted octanol–water partition coefficient (Wildman–Crippen LogP) is 20.9. The van der Waals surface area contributed by atoms with E-state index in [2.05, 4.69) is 191 Å². The van der Waals surface area contributed by atoms with Crippen LogP contribution >= 0.6 is 0 Å². The van der Waals surface area contributed by atoms with Gasteiger partial charge in [-0.1, -0.05) is 248 Å². The molecule has 0 aliphatic carbocycles. The fraction of sp³-hybridized carbons (Fsp3) is 0.535. The van der Waals surface area contributed by atoms with Gasteiger partial charge in [-0.15, -0.1) is 0 Å². The number of esters is 3. The lowest BCUT2D eigenvalue weighted by Crippen LogP contribution is -2.30. The molecule has 0 aliphatic heterocycles. The van der Waals surface area contributed by atoms with Crippen molar-refractivity contribution in [2.75, 3.05) is 13.2 Å². The van der Waals surface area contributed by atoms with E-state index in [0.717, 1.165) is 167 Å². The van der Waals surface area contributed by atoms with Crippen LogP contribution in [-0.4, -0.2) is 37.2 Å². The average molecular weight is 1060 g/mol. The molecule has 0 bridgehead atoms. The molecule has 0 saturated heterocycles. The molecule has 0 saturated carbocycles. The van der Waals surface area contributed by atoms with E-state index >= 15 is 0 Å². The lowest BCUT2D eigenvalue weighted by Gasteiger charge is -2.18. The van der Waals surface area contributed by atoms with E-state index in [9.17, 15) is 14.4 Å². The van der Waals surface area contributed by atoms with Crippen molar-refractivity contribution in [3.8, 4) is 0 Å². The number of hydrogen-bond donors (Lipinski definition) is 0. The highest BCUT2D eigenvalue weighted by atomic mass is 16.6. The van der Waals surface area contributed by atoms with Gasteiger partial charge >= 0.3 is 17.9 Å². The number of allylic oxidation sites excluding steroid dienone is 30. The molecule has 0 amide bonds. The average Bonchev–Trinajstić information content (AvgIpc) is 3.43. The van der Waals surface area contributed by atoms with Crippen molar-refractivity contribution in [3.63, 3.8) is 0 Å². The van der Waals surface area contributed by atoms with Crippen molar-refractivity contribution < 1.29 is 28.6 Å². The number of hydrogen-bond acceptors (Lipinski definition) is 6. The van der Waals surface area contributed by atoms with Gasteiger partial charge in [-0.05, 0) is 141 Å². The minimum absolute atomic E-state index is 0.132. The lowest BCUT2D eigenvalue weighted by atomic mass is 10.1. The lowest BCUT2D eigenvalue weighted by molar-refractivity contribution is -0.166. The molecular formula is C71H108O6. The van der Waals surface area contributed by atoms with Crippen LogP contribution in [0, 0.1) is 0 Å². The maximum absolute atomic E-state index is 12.9. The monoisotopic (exact) mass is 1060 g/mol. The molecule has 0 heterocycles. The van der Waals surface area contributed by atoms with Crippen LogP contribution in [0.2, 0.25) is 0 Å². The van der Waals surface area contributed by atoms with Crippen LogP contribution in [0.5, 0.6) is 0 Å². The van der Waals surface area contributed by atoms with E-state index in [1.807, 2.05) is 12.2 Å². The summed E-state index contributed by atoms with van der Waals surface area (Å²) in [6.45, 7) is 6.19. The second-order valence-corrected chi connectivity index (χ2v) is 19.1. The maximum atomic E-state index is 12.9. The van der Waals surface area contributed by atoms with Gasteiger partial charge in [0.25, 0.3) is 0 Å². The molecule has 428 valence electrons. The van der Waals surface area contributed by atoms with Gasteiger partial charge in [-0.25, -0.2) is 0 Å². The summed E-state index contributed by atoms with van der Waals surface area (Å²) < 4.78 is 16.8. The SMILES string of the molecule is CC/C=C\C/C=C\C/C=C\C/C=C\C/C=C\C/C=C\CCC(=O)OC(COC(=O)CCCCCCC/C=C\C/C=C\C/C=C\C/C=C\C/C=C\CC)COC(=O)CCCCCCCC/C=C\C/C=C\C/C=C\C/C=C\CC. The number of carbonyl (C=O) groups excluding carboxylic acids is 3. The Kier molecular flexibility index (Phi) is 58.6. The topological polar surface area (TPSA) is 78.9 Å². The Labute approximate surface area is 472 Å². The van der Waals surface area contributed by atoms with Crippen molar-refractivity contribution in [3.05, 3.63) is 182 Å². The van der Waals surface area contributed by atoms with Gasteiger partial charge in [0.1, 0.15) is 13.2 Å². The minimum atomic E-state index is -0.846. The Morgan fingerprint density at radius 3 is 0.779 bits per heavy atom. The van der Waals surface area contributed by atoms with Gasteiger partial charge in [-0.3, -0.25) is 14.4 Å². The molecule has 0 aromatic heterocycles. The van der Waals surface area contributed by atoms with Crippen molar-refractivity contribution in [2.24, 2.45) is 0 Å². The zero-order chi connectivity index (χ0) is 55.7. The zero-order valence-corrected chi connectivity index (χ0v) is 48.9. The quantitative estimate of drug-likeness (QED) is 0.0261. The first-order valence-corrected chi connectivity index (χ1v) is 30.3. The molecule has 0 fully saturated rings. The van der Waals surface area contributed by atoms with Crippen LogP contribution in [0.1, 0.15) is 226 Å². The second-order valence-electron chi connectivity index (χ2n) is 19.1. The molecule has 0 N–H and O–H groups in total. The van der Waals surface area contributed by atoms with Gasteiger partial charge in [0.05, 0.1) is 0 Å². The fourth-order valence-corrected chi connectivity index (χ4v) is 7.48. The van der Waals surface area contributed by atoms with Crippen molar-refractivity contribution >= 4 is 17.9 Å². The van der Waals surface area contributed by atoms with Gasteiger partial charge in [-0.2, -0.15) is 0 Å². The number of ether oxygens (including phenoxy) is 3. The maximum Gasteiger partial charge on any atom is 0.306 e. The summed E-state index contributed by atoms with van der Waals surface area (Å²) in [5, 5.41) is 0. The third-order valence-corrected chi connectivity index (χ3v) is 11.9. The van der Waals surface area contributed by atoms with Crippen molar-refractivity contribution in [2.45, 2.75) is 232 Å². The molecule has 0 spiro atoms. The highest BCUT2D eigenvalue weighted by molar-refractivity contribution is 5.71. The Hall–Kier alpha value is -5.49. The van der Waals surface area contributed by atoms with E-state index < -0.39 is 12.1 Å². The Morgan fingerprint density at radius 2 is 0.494 bits per heavy atom. The van der Waals surface area contributed by atoms with E-state index in [0.29, 0.717) is 19.3 Å². The van der Waals surface area contributed by atoms with E-state index in [1.165, 1.54) is 12.8 Å². The van der Waals surface area contributed by atoms with Crippen LogP contribution < -0.4 is 0 Å². The van der Waals surface area contributed by atoms with Gasteiger partial charge < -0.3 is 14.2 Å². The smallest absolute Gasteiger partial charge is 0.306 e. The van der Waals surface area contributed by atoms with Crippen LogP contribution in [0.3, 0.4) is 0 Å². The summed E-state index contributed by atoms with van der Waals surface area (Å²) in [5.74, 6) is -1.06. The molecule has 1 unspecified atom stereocenters. The molecule has 6 nitrogen and oxygen atoms in total. The summed E-state index contributed by atoms with van der Waals surface area (Å²) >= 11 is 0. The molecule has 0 aromatic rings. The Bertz CT molecular complexity index is 1840. The van der Waals surface area contributed by atoms with Crippen molar-refractivity contribution in [1.29, 1.82) is 0 Å². The van der Waals surface area contributed by atoms with Gasteiger partial charge in [0.15, 0.2) is 6.10 Å². The van der Waals surface area contributed by atoms with Gasteiger partial charge in [0.2, 0.25) is 0 Å². The van der Waals surface area contributed by atoms with Crippen LogP contribution in [0.15, 0.2) is 182 Å². The molecule has 1 atom stereocenters. The van der Waals surface area contributed by atoms with E-state index in [4.69, 9.17) is 14.2 Å². The van der Waals surface area contributed by atoms with E-state index in [1.54, 1.807) is 0 Å². The molecular weight excluding hydrogens is 949 g/mol. The largest absolute Gasteiger partial charge is 0.462 e. The Morgan fingerprint density at radius 1 is 0.260 bits per heavy atom. The van der Waals surface area contributed by atoms with E-state index in [-0.39, 0.29) is 31.6 Å². The van der Waals surface area contributed by atoms with Crippen LogP contribution in [-0.2, 0) is 28.6 Å². The highest BCUT2D eigenvalue weighted by Gasteiger charge is 2.19. The third-order valence-electron chi connectivity index (χ3n) is 11.9. The van der Waals surface area contributed by atoms with Crippen LogP contribution in [0.4, 0.5) is 0 Å². The zero-order valence-electron chi connectivity index (χ0n) is 48.9. The summed E-state index contributed by atoms with van der Waals surface area (Å²) in [4.78, 5) is 38.3. The number of carbonyl (C=O) groups is 3. The normalized spacial score (nSPS) is 13.4. The van der Waals surface area contributed by atoms with Crippen LogP contribution in [0.25, 0.3) is 0 Å². The van der Waals surface area contributed by atoms with Gasteiger partial charge in [0, 0.05) is 19.3 Å². The second kappa shape index (κ2) is 63.0. The molecule has 0 aromatic carbocycles. The van der Waals surface area contributed by atoms with Crippen molar-refractivity contribution in [1.82, 2.24) is 0 Å². The number of rotatable bonds is 52. The molecule has 77 heavy (non-hydrogen) atoms. The molecule has 0 rings (SSSR count). The molecule has 0 aliphatic rings. The Balaban J connectivity index is 4.61. The first-order valence-electron chi connectivity index (χ1n) is 30.3. The highest BCUT2D eigenvalue weighted by Crippen LogP contribution is 2.12. The third kappa shape index (κ3) is 61.2. The number of unbranched alkanes of at least 4 members (excludes halogenated alkanes) is 11. The standard InChI is InChI=1S/C71H108O6/c1-4-7-10-13-16-19-22-25-28-31-34-35-38-40-43-46-49-52-55-58-61-64-70(73)76-67-68(77-71(74)65-62-59-56-53-50-47-44-41-37-33-30-27-24-21-18-15-12-9-6-3)66-75-69(72)63-60-57-54-51-48-45-42-39-36-32-29-26-23-20-17-14-11-8-5-2/h7-12,16-21,25-30,34-37,39-41,43,47,50,56,59,68H,4-6,13-15,22-24,31-33,38,42,44-46,48-49,51-55,57-58,60-67H2,1-3H3/b10-7-,11-8-,12-9-,19-16-,20-17-,21-18-,28-25-,29-26-,30-27-,35-34-,39-36-,41-37-,43-40-,50-47-,59-56-. The summed E-state index contributed by atoms with van der Waals surface area (Å²) in [6.07, 6.45) is 94.6. The molecule has 0 radical (unpaired) electrons. The summed E-state index contributed by atoms with van der Waals surface area (Å²) in [7, 11) is 0. The predicted molar refractivity (Wildman–Crippen MR) is 334 cm³/mol. The summed E-state index contributed by atoms with van der Waals surface area (Å²) in [5.41, 5.74) is 0. The summed E-state index contributed by atoms with van der Waals surface area (Å²) in [6, 6.07) is 0.